The minimum absolute atomic E-state index is 0.100. The molecule has 124 valence electrons. The van der Waals surface area contributed by atoms with Crippen LogP contribution in [-0.2, 0) is 15.8 Å². The van der Waals surface area contributed by atoms with Crippen molar-refractivity contribution in [2.75, 3.05) is 20.3 Å². The third-order valence-electron chi connectivity index (χ3n) is 3.06. The van der Waals surface area contributed by atoms with Gasteiger partial charge >= 0.3 is 0 Å². The van der Waals surface area contributed by atoms with E-state index < -0.39 is 21.6 Å². The zero-order chi connectivity index (χ0) is 16.7. The second kappa shape index (κ2) is 7.94. The highest BCUT2D eigenvalue weighted by atomic mass is 32.2. The lowest BCUT2D eigenvalue weighted by atomic mass is 10.2. The lowest BCUT2D eigenvalue weighted by molar-refractivity contribution is 0.322. The molecule has 0 amide bonds. The molecule has 0 bridgehead atoms. The van der Waals surface area contributed by atoms with Gasteiger partial charge in [-0.3, -0.25) is 0 Å². The van der Waals surface area contributed by atoms with E-state index in [1.54, 1.807) is 37.4 Å². The van der Waals surface area contributed by atoms with Crippen molar-refractivity contribution in [2.24, 2.45) is 0 Å². The van der Waals surface area contributed by atoms with Gasteiger partial charge in [-0.05, 0) is 30.3 Å². The first-order valence-electron chi connectivity index (χ1n) is 6.98. The fraction of sp³-hybridized carbons (Fsp3) is 0.250. The van der Waals surface area contributed by atoms with Crippen LogP contribution in [0.3, 0.4) is 0 Å². The van der Waals surface area contributed by atoms with Crippen LogP contribution in [0.5, 0.6) is 11.5 Å². The zero-order valence-corrected chi connectivity index (χ0v) is 13.5. The number of rotatable bonds is 8. The summed E-state index contributed by atoms with van der Waals surface area (Å²) in [5.74, 6) is 0.386. The van der Waals surface area contributed by atoms with Gasteiger partial charge in [-0.2, -0.15) is 0 Å². The number of ether oxygens (including phenoxy) is 2. The minimum Gasteiger partial charge on any atom is -0.497 e. The molecule has 0 saturated heterocycles. The summed E-state index contributed by atoms with van der Waals surface area (Å²) in [6.45, 7) is 0.269. The lowest BCUT2D eigenvalue weighted by Crippen LogP contribution is -2.29. The van der Waals surface area contributed by atoms with E-state index in [1.807, 2.05) is 0 Å². The van der Waals surface area contributed by atoms with Crippen LogP contribution in [0.1, 0.15) is 5.56 Å². The summed E-state index contributed by atoms with van der Waals surface area (Å²) < 4.78 is 50.1. The first-order valence-corrected chi connectivity index (χ1v) is 8.63. The number of hydrogen-bond acceptors (Lipinski definition) is 4. The largest absolute Gasteiger partial charge is 0.497 e. The van der Waals surface area contributed by atoms with Gasteiger partial charge in [0, 0.05) is 12.1 Å². The third-order valence-corrected chi connectivity index (χ3v) is 4.39. The molecule has 0 atom stereocenters. The number of halogens is 1. The maximum absolute atomic E-state index is 13.5. The number of nitrogens with one attached hydrogen (secondary N) is 1. The molecule has 0 aliphatic carbocycles. The average Bonchev–Trinajstić information content (AvgIpc) is 2.54. The molecule has 2 rings (SSSR count). The van der Waals surface area contributed by atoms with Gasteiger partial charge in [-0.25, -0.2) is 17.5 Å². The Balaban J connectivity index is 1.79. The molecule has 2 aromatic rings. The molecule has 0 aliphatic rings. The standard InChI is InChI=1S/C16H18FNO4S/c1-21-14-6-8-15(9-7-14)22-11-10-18-23(19,20)12-13-4-2-3-5-16(13)17/h2-9,18H,10-12H2,1H3. The fourth-order valence-electron chi connectivity index (χ4n) is 1.91. The van der Waals surface area contributed by atoms with E-state index in [2.05, 4.69) is 4.72 Å². The summed E-state index contributed by atoms with van der Waals surface area (Å²) in [6, 6.07) is 12.7. The Bertz CT molecular complexity index is 732. The highest BCUT2D eigenvalue weighted by Gasteiger charge is 2.13. The Morgan fingerprint density at radius 2 is 1.70 bits per heavy atom. The Kier molecular flexibility index (Phi) is 5.95. The van der Waals surface area contributed by atoms with Crippen molar-refractivity contribution in [3.63, 3.8) is 0 Å². The number of hydrogen-bond donors (Lipinski definition) is 1. The molecule has 0 aromatic heterocycles. The lowest BCUT2D eigenvalue weighted by Gasteiger charge is -2.09. The molecule has 0 heterocycles. The monoisotopic (exact) mass is 339 g/mol. The Labute approximate surface area is 135 Å². The van der Waals surface area contributed by atoms with Crippen molar-refractivity contribution in [3.8, 4) is 11.5 Å². The Hall–Kier alpha value is -2.12. The maximum atomic E-state index is 13.5. The highest BCUT2D eigenvalue weighted by molar-refractivity contribution is 7.88. The van der Waals surface area contributed by atoms with E-state index in [0.717, 1.165) is 0 Å². The average molecular weight is 339 g/mol. The van der Waals surface area contributed by atoms with Crippen LogP contribution in [-0.4, -0.2) is 28.7 Å². The van der Waals surface area contributed by atoms with E-state index >= 15 is 0 Å². The zero-order valence-electron chi connectivity index (χ0n) is 12.7. The Morgan fingerprint density at radius 1 is 1.04 bits per heavy atom. The second-order valence-corrected chi connectivity index (χ2v) is 6.58. The van der Waals surface area contributed by atoms with Gasteiger partial charge in [-0.15, -0.1) is 0 Å². The Morgan fingerprint density at radius 3 is 2.35 bits per heavy atom. The summed E-state index contributed by atoms with van der Waals surface area (Å²) >= 11 is 0. The quantitative estimate of drug-likeness (QED) is 0.750. The molecule has 1 N–H and O–H groups in total. The van der Waals surface area contributed by atoms with E-state index in [-0.39, 0.29) is 18.7 Å². The van der Waals surface area contributed by atoms with Crippen LogP contribution < -0.4 is 14.2 Å². The third kappa shape index (κ3) is 5.54. The topological polar surface area (TPSA) is 64.6 Å². The molecular formula is C16H18FNO4S. The first kappa shape index (κ1) is 17.2. The van der Waals surface area contributed by atoms with Crippen molar-refractivity contribution >= 4 is 10.0 Å². The van der Waals surface area contributed by atoms with Crippen LogP contribution >= 0.6 is 0 Å². The minimum atomic E-state index is -3.61. The van der Waals surface area contributed by atoms with E-state index in [0.29, 0.717) is 11.5 Å². The predicted octanol–water partition coefficient (Wildman–Crippen LogP) is 2.33. The van der Waals surface area contributed by atoms with Crippen molar-refractivity contribution in [1.82, 2.24) is 4.72 Å². The van der Waals surface area contributed by atoms with Gasteiger partial charge in [0.2, 0.25) is 10.0 Å². The number of sulfonamides is 1. The summed E-state index contributed by atoms with van der Waals surface area (Å²) in [4.78, 5) is 0. The molecule has 0 aliphatic heterocycles. The smallest absolute Gasteiger partial charge is 0.216 e. The van der Waals surface area contributed by atoms with Gasteiger partial charge in [-0.1, -0.05) is 18.2 Å². The molecule has 5 nitrogen and oxygen atoms in total. The molecule has 0 radical (unpaired) electrons. The number of benzene rings is 2. The van der Waals surface area contributed by atoms with E-state index in [9.17, 15) is 12.8 Å². The van der Waals surface area contributed by atoms with Crippen LogP contribution in [0.15, 0.2) is 48.5 Å². The molecule has 0 unspecified atom stereocenters. The van der Waals surface area contributed by atoms with Crippen molar-refractivity contribution in [3.05, 3.63) is 59.9 Å². The van der Waals surface area contributed by atoms with Crippen molar-refractivity contribution in [1.29, 1.82) is 0 Å². The molecular weight excluding hydrogens is 321 g/mol. The van der Waals surface area contributed by atoms with Crippen LogP contribution in [0.25, 0.3) is 0 Å². The van der Waals surface area contributed by atoms with Gasteiger partial charge in [0.25, 0.3) is 0 Å². The summed E-state index contributed by atoms with van der Waals surface area (Å²) in [5, 5.41) is 0. The normalized spacial score (nSPS) is 11.2. The number of methoxy groups -OCH3 is 1. The summed E-state index contributed by atoms with van der Waals surface area (Å²) in [6.07, 6.45) is 0. The molecule has 23 heavy (non-hydrogen) atoms. The van der Waals surface area contributed by atoms with E-state index in [4.69, 9.17) is 9.47 Å². The van der Waals surface area contributed by atoms with E-state index in [1.165, 1.54) is 18.2 Å². The van der Waals surface area contributed by atoms with Crippen LogP contribution in [0, 0.1) is 5.82 Å². The van der Waals surface area contributed by atoms with Gasteiger partial charge in [0.1, 0.15) is 23.9 Å². The van der Waals surface area contributed by atoms with Crippen LogP contribution in [0.2, 0.25) is 0 Å². The van der Waals surface area contributed by atoms with Crippen molar-refractivity contribution < 1.29 is 22.3 Å². The first-order chi connectivity index (χ1) is 11.0. The molecule has 2 aromatic carbocycles. The van der Waals surface area contributed by atoms with Crippen molar-refractivity contribution in [2.45, 2.75) is 5.75 Å². The summed E-state index contributed by atoms with van der Waals surface area (Å²) in [5.41, 5.74) is 0.135. The highest BCUT2D eigenvalue weighted by Crippen LogP contribution is 2.16. The van der Waals surface area contributed by atoms with Crippen LogP contribution in [0.4, 0.5) is 4.39 Å². The molecule has 0 saturated carbocycles. The van der Waals surface area contributed by atoms with Gasteiger partial charge < -0.3 is 9.47 Å². The summed E-state index contributed by atoms with van der Waals surface area (Å²) in [7, 11) is -2.04. The molecule has 0 fully saturated rings. The maximum Gasteiger partial charge on any atom is 0.216 e. The molecule has 0 spiro atoms. The van der Waals surface area contributed by atoms with Gasteiger partial charge in [0.15, 0.2) is 0 Å². The molecule has 7 heteroatoms. The fourth-order valence-corrected chi connectivity index (χ4v) is 3.05. The second-order valence-electron chi connectivity index (χ2n) is 4.77. The van der Waals surface area contributed by atoms with Gasteiger partial charge in [0.05, 0.1) is 12.9 Å². The SMILES string of the molecule is COc1ccc(OCCNS(=O)(=O)Cc2ccccc2F)cc1. The predicted molar refractivity (Wildman–Crippen MR) is 85.5 cm³/mol.